The van der Waals surface area contributed by atoms with Crippen molar-refractivity contribution in [1.29, 1.82) is 0 Å². The van der Waals surface area contributed by atoms with E-state index in [4.69, 9.17) is 14.2 Å². The van der Waals surface area contributed by atoms with Crippen LogP contribution in [-0.2, 0) is 6.42 Å². The summed E-state index contributed by atoms with van der Waals surface area (Å²) in [7, 11) is 3.11. The van der Waals surface area contributed by atoms with Gasteiger partial charge in [0.05, 0.1) is 31.6 Å². The number of aryl methyl sites for hydroxylation is 1. The second kappa shape index (κ2) is 11.4. The molecule has 0 saturated carbocycles. The number of pyridine rings is 3. The van der Waals surface area contributed by atoms with E-state index in [1.165, 1.54) is 16.8 Å². The van der Waals surface area contributed by atoms with E-state index >= 15 is 0 Å². The fraction of sp³-hybridized carbons (Fsp3) is 0.182. The number of carbonyl (C=O) groups excluding carboxylic acids is 2. The molecule has 43 heavy (non-hydrogen) atoms. The Labute approximate surface area is 246 Å². The fourth-order valence-corrected chi connectivity index (χ4v) is 5.29. The highest BCUT2D eigenvalue weighted by molar-refractivity contribution is 6.06. The van der Waals surface area contributed by atoms with E-state index in [0.29, 0.717) is 70.1 Å². The topological polar surface area (TPSA) is 122 Å². The van der Waals surface area contributed by atoms with Gasteiger partial charge in [0.15, 0.2) is 17.3 Å². The summed E-state index contributed by atoms with van der Waals surface area (Å²) in [5.41, 5.74) is 2.57. The van der Waals surface area contributed by atoms with Crippen molar-refractivity contribution in [3.05, 3.63) is 106 Å². The molecule has 0 fully saturated rings. The van der Waals surface area contributed by atoms with Crippen molar-refractivity contribution in [3.63, 3.8) is 0 Å². The zero-order valence-electron chi connectivity index (χ0n) is 23.8. The molecule has 1 amide bonds. The summed E-state index contributed by atoms with van der Waals surface area (Å²) in [6, 6.07) is 17.3. The van der Waals surface area contributed by atoms with E-state index in [9.17, 15) is 14.4 Å². The summed E-state index contributed by atoms with van der Waals surface area (Å²) >= 11 is 0. The Hall–Kier alpha value is -5.51. The van der Waals surface area contributed by atoms with Gasteiger partial charge in [-0.3, -0.25) is 23.9 Å². The molecule has 0 radical (unpaired) electrons. The van der Waals surface area contributed by atoms with Crippen molar-refractivity contribution in [3.8, 4) is 28.7 Å². The molecule has 1 aliphatic rings. The van der Waals surface area contributed by atoms with Gasteiger partial charge in [0, 0.05) is 35.3 Å². The molecule has 0 unspecified atom stereocenters. The number of Topliss-reactive ketones (excluding diaryl/α,β-unsaturated/α-hetero) is 1. The first-order valence-electron chi connectivity index (χ1n) is 13.7. The monoisotopic (exact) mass is 576 g/mol. The summed E-state index contributed by atoms with van der Waals surface area (Å²) in [6.07, 6.45) is 4.68. The first-order chi connectivity index (χ1) is 20.9. The van der Waals surface area contributed by atoms with Gasteiger partial charge in [-0.15, -0.1) is 0 Å². The van der Waals surface area contributed by atoms with Crippen LogP contribution in [0.15, 0.2) is 77.9 Å². The van der Waals surface area contributed by atoms with Crippen molar-refractivity contribution in [1.82, 2.24) is 14.5 Å². The van der Waals surface area contributed by atoms with Crippen molar-refractivity contribution in [2.75, 3.05) is 19.5 Å². The van der Waals surface area contributed by atoms with Crippen LogP contribution in [0.4, 0.5) is 5.82 Å². The number of ether oxygens (including phenoxy) is 3. The molecule has 3 aromatic heterocycles. The molecule has 1 N–H and O–H groups in total. The first-order valence-corrected chi connectivity index (χ1v) is 13.7. The van der Waals surface area contributed by atoms with Gasteiger partial charge in [-0.05, 0) is 61.7 Å². The number of benzene rings is 2. The first kappa shape index (κ1) is 27.6. The second-order valence-corrected chi connectivity index (χ2v) is 10.1. The molecule has 6 rings (SSSR count). The Morgan fingerprint density at radius 2 is 1.70 bits per heavy atom. The van der Waals surface area contributed by atoms with Crippen LogP contribution < -0.4 is 25.1 Å². The zero-order chi connectivity index (χ0) is 30.1. The SMILES string of the molecule is COc1cc2nccc(Oc3ccc(NC(=O)c4cc5c(n(-c6ccccc6C)c4=O)CCCC5=O)nc3)c2cc1OC. The van der Waals surface area contributed by atoms with Crippen LogP contribution in [0.25, 0.3) is 16.6 Å². The Kier molecular flexibility index (Phi) is 7.33. The molecule has 0 spiro atoms. The summed E-state index contributed by atoms with van der Waals surface area (Å²) in [5.74, 6) is 1.51. The number of methoxy groups -OCH3 is 2. The van der Waals surface area contributed by atoms with E-state index in [2.05, 4.69) is 15.3 Å². The highest BCUT2D eigenvalue weighted by Crippen LogP contribution is 2.37. The van der Waals surface area contributed by atoms with Gasteiger partial charge >= 0.3 is 0 Å². The number of fused-ring (bicyclic) bond motifs is 2. The molecule has 2 aromatic carbocycles. The number of hydrogen-bond donors (Lipinski definition) is 1. The van der Waals surface area contributed by atoms with E-state index < -0.39 is 11.5 Å². The molecule has 0 aliphatic heterocycles. The van der Waals surface area contributed by atoms with Crippen LogP contribution in [0.2, 0.25) is 0 Å². The van der Waals surface area contributed by atoms with Crippen molar-refractivity contribution in [2.45, 2.75) is 26.2 Å². The van der Waals surface area contributed by atoms with Crippen LogP contribution in [0, 0.1) is 6.92 Å². The van der Waals surface area contributed by atoms with Crippen LogP contribution in [0.3, 0.4) is 0 Å². The zero-order valence-corrected chi connectivity index (χ0v) is 23.8. The van der Waals surface area contributed by atoms with Crippen molar-refractivity contribution >= 4 is 28.4 Å². The lowest BCUT2D eigenvalue weighted by Crippen LogP contribution is -2.34. The maximum absolute atomic E-state index is 13.7. The molecule has 5 aromatic rings. The van der Waals surface area contributed by atoms with Gasteiger partial charge in [0.25, 0.3) is 11.5 Å². The number of nitrogens with one attached hydrogen (secondary N) is 1. The van der Waals surface area contributed by atoms with E-state index in [0.717, 1.165) is 5.56 Å². The van der Waals surface area contributed by atoms with Gasteiger partial charge in [0.1, 0.15) is 22.9 Å². The molecule has 0 saturated heterocycles. The molecular weight excluding hydrogens is 548 g/mol. The average molecular weight is 577 g/mol. The van der Waals surface area contributed by atoms with Crippen molar-refractivity contribution < 1.29 is 23.8 Å². The number of hydrogen-bond acceptors (Lipinski definition) is 8. The molecule has 0 bridgehead atoms. The summed E-state index contributed by atoms with van der Waals surface area (Å²) in [5, 5.41) is 3.40. The lowest BCUT2D eigenvalue weighted by molar-refractivity contribution is 0.0971. The number of aromatic nitrogens is 3. The smallest absolute Gasteiger partial charge is 0.268 e. The maximum atomic E-state index is 13.7. The molecule has 10 heteroatoms. The molecule has 10 nitrogen and oxygen atoms in total. The minimum absolute atomic E-state index is 0.0861. The minimum atomic E-state index is -0.657. The van der Waals surface area contributed by atoms with Crippen LogP contribution in [0.1, 0.15) is 44.8 Å². The molecule has 3 heterocycles. The van der Waals surface area contributed by atoms with Gasteiger partial charge in [-0.25, -0.2) is 4.98 Å². The average Bonchev–Trinajstić information content (AvgIpc) is 3.02. The Morgan fingerprint density at radius 3 is 2.44 bits per heavy atom. The van der Waals surface area contributed by atoms with E-state index in [1.807, 2.05) is 31.2 Å². The highest BCUT2D eigenvalue weighted by atomic mass is 16.5. The van der Waals surface area contributed by atoms with Crippen LogP contribution >= 0.6 is 0 Å². The summed E-state index contributed by atoms with van der Waals surface area (Å²) < 4.78 is 18.4. The fourth-order valence-electron chi connectivity index (χ4n) is 5.29. The lowest BCUT2D eigenvalue weighted by Gasteiger charge is -2.22. The standard InChI is InChI=1S/C33H28N4O6/c1-19-7-4-5-8-25(19)37-26-9-6-10-27(38)22(26)15-23(33(37)40)32(39)36-31-12-11-20(18-35-31)43-28-13-14-34-24-17-30(42-3)29(41-2)16-21(24)28/h4-5,7-8,11-18H,6,9-10H2,1-3H3,(H,35,36,39). The van der Waals surface area contributed by atoms with Crippen LogP contribution in [0.5, 0.6) is 23.0 Å². The lowest BCUT2D eigenvalue weighted by atomic mass is 9.92. The number of nitrogens with zero attached hydrogens (tertiary/aromatic N) is 3. The normalized spacial score (nSPS) is 12.5. The molecule has 0 atom stereocenters. The largest absolute Gasteiger partial charge is 0.493 e. The van der Waals surface area contributed by atoms with Gasteiger partial charge in [0.2, 0.25) is 0 Å². The summed E-state index contributed by atoms with van der Waals surface area (Å²) in [4.78, 5) is 48.7. The molecule has 216 valence electrons. The Bertz CT molecular complexity index is 1950. The van der Waals surface area contributed by atoms with Gasteiger partial charge < -0.3 is 19.5 Å². The van der Waals surface area contributed by atoms with Gasteiger partial charge in [-0.1, -0.05) is 18.2 Å². The van der Waals surface area contributed by atoms with E-state index in [1.54, 1.807) is 50.7 Å². The third-order valence-electron chi connectivity index (χ3n) is 7.43. The number of carbonyl (C=O) groups is 2. The number of ketones is 1. The summed E-state index contributed by atoms with van der Waals surface area (Å²) in [6.45, 7) is 1.89. The minimum Gasteiger partial charge on any atom is -0.493 e. The third-order valence-corrected chi connectivity index (χ3v) is 7.43. The Morgan fingerprint density at radius 1 is 0.907 bits per heavy atom. The van der Waals surface area contributed by atoms with Gasteiger partial charge in [-0.2, -0.15) is 0 Å². The quantitative estimate of drug-likeness (QED) is 0.263. The highest BCUT2D eigenvalue weighted by Gasteiger charge is 2.27. The number of rotatable bonds is 7. The maximum Gasteiger partial charge on any atom is 0.268 e. The number of anilines is 1. The van der Waals surface area contributed by atoms with E-state index in [-0.39, 0.29) is 17.2 Å². The third kappa shape index (κ3) is 5.19. The predicted octanol–water partition coefficient (Wildman–Crippen LogP) is 5.67. The Balaban J connectivity index is 1.28. The molecular formula is C33H28N4O6. The second-order valence-electron chi connectivity index (χ2n) is 10.1. The predicted molar refractivity (Wildman–Crippen MR) is 161 cm³/mol. The van der Waals surface area contributed by atoms with Crippen molar-refractivity contribution in [2.24, 2.45) is 0 Å². The number of amides is 1. The molecule has 1 aliphatic carbocycles. The van der Waals surface area contributed by atoms with Crippen LogP contribution in [-0.4, -0.2) is 40.4 Å². The number of para-hydroxylation sites is 1.